The highest BCUT2D eigenvalue weighted by molar-refractivity contribution is 5.68. The smallest absolute Gasteiger partial charge is 0.341 e. The van der Waals surface area contributed by atoms with Crippen LogP contribution in [0.4, 0.5) is 0 Å². The van der Waals surface area contributed by atoms with Crippen LogP contribution in [0.1, 0.15) is 0 Å². The fraction of sp³-hybridized carbons (Fsp3) is 0.0909. The Morgan fingerprint density at radius 3 is 3.00 bits per heavy atom. The van der Waals surface area contributed by atoms with Crippen LogP contribution in [-0.4, -0.2) is 27.9 Å². The number of carbonyl (C=O) groups is 1. The zero-order valence-electron chi connectivity index (χ0n) is 8.38. The van der Waals surface area contributed by atoms with Gasteiger partial charge in [-0.2, -0.15) is 5.10 Å². The number of benzene rings is 1. The lowest BCUT2D eigenvalue weighted by atomic mass is 10.1. The molecular weight excluding hydrogens is 208 g/mol. The number of carboxylic acid groups (broad SMARTS) is 1. The van der Waals surface area contributed by atoms with E-state index in [1.807, 2.05) is 12.1 Å². The molecule has 0 amide bonds. The van der Waals surface area contributed by atoms with E-state index >= 15 is 0 Å². The predicted molar refractivity (Wildman–Crippen MR) is 57.2 cm³/mol. The van der Waals surface area contributed by atoms with Crippen molar-refractivity contribution in [1.82, 2.24) is 10.2 Å². The monoisotopic (exact) mass is 218 g/mol. The van der Waals surface area contributed by atoms with Gasteiger partial charge in [0.1, 0.15) is 5.75 Å². The maximum Gasteiger partial charge on any atom is 0.341 e. The van der Waals surface area contributed by atoms with Crippen molar-refractivity contribution in [3.63, 3.8) is 0 Å². The summed E-state index contributed by atoms with van der Waals surface area (Å²) >= 11 is 0. The second kappa shape index (κ2) is 4.48. The van der Waals surface area contributed by atoms with Crippen LogP contribution in [-0.2, 0) is 4.79 Å². The molecule has 0 aliphatic heterocycles. The fourth-order valence-corrected chi connectivity index (χ4v) is 1.32. The fourth-order valence-electron chi connectivity index (χ4n) is 1.32. The van der Waals surface area contributed by atoms with Crippen LogP contribution in [0.5, 0.6) is 5.75 Å². The molecule has 0 unspecified atom stereocenters. The van der Waals surface area contributed by atoms with Crippen LogP contribution < -0.4 is 4.74 Å². The van der Waals surface area contributed by atoms with Gasteiger partial charge in [-0.25, -0.2) is 4.79 Å². The summed E-state index contributed by atoms with van der Waals surface area (Å²) in [6.07, 6.45) is 1.65. The SMILES string of the molecule is O=C(O)COc1cccc(-c2ccn[nH]2)c1. The summed E-state index contributed by atoms with van der Waals surface area (Å²) in [5, 5.41) is 15.2. The van der Waals surface area contributed by atoms with Crippen molar-refractivity contribution in [3.05, 3.63) is 36.5 Å². The number of H-pyrrole nitrogens is 1. The minimum atomic E-state index is -0.994. The molecule has 1 aromatic carbocycles. The molecule has 0 spiro atoms. The van der Waals surface area contributed by atoms with Crippen molar-refractivity contribution in [2.45, 2.75) is 0 Å². The number of ether oxygens (including phenoxy) is 1. The Hall–Kier alpha value is -2.30. The number of carboxylic acids is 1. The number of nitrogens with zero attached hydrogens (tertiary/aromatic N) is 1. The van der Waals surface area contributed by atoms with Crippen molar-refractivity contribution >= 4 is 5.97 Å². The maximum absolute atomic E-state index is 10.3. The lowest BCUT2D eigenvalue weighted by Gasteiger charge is -2.04. The van der Waals surface area contributed by atoms with E-state index in [0.29, 0.717) is 5.75 Å². The highest BCUT2D eigenvalue weighted by atomic mass is 16.5. The van der Waals surface area contributed by atoms with Crippen LogP contribution in [0.2, 0.25) is 0 Å². The molecule has 2 aromatic rings. The second-order valence-corrected chi connectivity index (χ2v) is 3.18. The van der Waals surface area contributed by atoms with Crippen LogP contribution in [0.25, 0.3) is 11.3 Å². The van der Waals surface area contributed by atoms with Gasteiger partial charge in [-0.05, 0) is 18.2 Å². The van der Waals surface area contributed by atoms with Gasteiger partial charge in [-0.3, -0.25) is 5.10 Å². The first-order valence-electron chi connectivity index (χ1n) is 4.70. The number of hydrogen-bond donors (Lipinski definition) is 2. The van der Waals surface area contributed by atoms with Crippen molar-refractivity contribution < 1.29 is 14.6 Å². The molecule has 0 bridgehead atoms. The minimum Gasteiger partial charge on any atom is -0.482 e. The highest BCUT2D eigenvalue weighted by Crippen LogP contribution is 2.21. The molecule has 1 heterocycles. The molecule has 0 radical (unpaired) electrons. The van der Waals surface area contributed by atoms with E-state index in [0.717, 1.165) is 11.3 Å². The topological polar surface area (TPSA) is 75.2 Å². The van der Waals surface area contributed by atoms with Gasteiger partial charge in [-0.15, -0.1) is 0 Å². The Morgan fingerprint density at radius 1 is 1.44 bits per heavy atom. The summed E-state index contributed by atoms with van der Waals surface area (Å²) in [5.41, 5.74) is 1.76. The normalized spacial score (nSPS) is 10.0. The third kappa shape index (κ3) is 2.38. The molecule has 5 nitrogen and oxygen atoms in total. The summed E-state index contributed by atoms with van der Waals surface area (Å²) < 4.78 is 5.07. The first kappa shape index (κ1) is 10.2. The van der Waals surface area contributed by atoms with Crippen LogP contribution in [0.15, 0.2) is 36.5 Å². The zero-order valence-corrected chi connectivity index (χ0v) is 8.38. The number of aromatic amines is 1. The van der Waals surface area contributed by atoms with Gasteiger partial charge < -0.3 is 9.84 Å². The average Bonchev–Trinajstić information content (AvgIpc) is 2.80. The van der Waals surface area contributed by atoms with Gasteiger partial charge in [-0.1, -0.05) is 12.1 Å². The zero-order chi connectivity index (χ0) is 11.4. The number of rotatable bonds is 4. The third-order valence-corrected chi connectivity index (χ3v) is 2.01. The maximum atomic E-state index is 10.3. The molecule has 0 fully saturated rings. The first-order valence-corrected chi connectivity index (χ1v) is 4.70. The van der Waals surface area contributed by atoms with E-state index in [4.69, 9.17) is 9.84 Å². The van der Waals surface area contributed by atoms with Gasteiger partial charge in [0.2, 0.25) is 0 Å². The molecule has 0 aliphatic carbocycles. The van der Waals surface area contributed by atoms with Crippen molar-refractivity contribution in [1.29, 1.82) is 0 Å². The van der Waals surface area contributed by atoms with Gasteiger partial charge in [0.15, 0.2) is 6.61 Å². The summed E-state index contributed by atoms with van der Waals surface area (Å²) in [7, 11) is 0. The van der Waals surface area contributed by atoms with E-state index in [1.165, 1.54) is 0 Å². The number of hydrogen-bond acceptors (Lipinski definition) is 3. The van der Waals surface area contributed by atoms with E-state index < -0.39 is 5.97 Å². The van der Waals surface area contributed by atoms with Gasteiger partial charge in [0.05, 0.1) is 5.69 Å². The Labute approximate surface area is 91.7 Å². The van der Waals surface area contributed by atoms with Crippen LogP contribution >= 0.6 is 0 Å². The number of nitrogens with one attached hydrogen (secondary N) is 1. The average molecular weight is 218 g/mol. The lowest BCUT2D eigenvalue weighted by Crippen LogP contribution is -2.09. The van der Waals surface area contributed by atoms with Crippen LogP contribution in [0.3, 0.4) is 0 Å². The Morgan fingerprint density at radius 2 is 2.31 bits per heavy atom. The van der Waals surface area contributed by atoms with Crippen LogP contribution in [0, 0.1) is 0 Å². The molecule has 0 saturated heterocycles. The Bertz CT molecular complexity index is 480. The highest BCUT2D eigenvalue weighted by Gasteiger charge is 2.02. The minimum absolute atomic E-state index is 0.341. The van der Waals surface area contributed by atoms with Gasteiger partial charge in [0, 0.05) is 11.8 Å². The van der Waals surface area contributed by atoms with E-state index in [-0.39, 0.29) is 6.61 Å². The number of aliphatic carboxylic acids is 1. The Kier molecular flexibility index (Phi) is 2.86. The predicted octanol–water partition coefficient (Wildman–Crippen LogP) is 1.54. The standard InChI is InChI=1S/C11H10N2O3/c14-11(15)7-16-9-3-1-2-8(6-9)10-4-5-12-13-10/h1-6H,7H2,(H,12,13)(H,14,15). The summed E-state index contributed by atoms with van der Waals surface area (Å²) in [4.78, 5) is 10.3. The largest absolute Gasteiger partial charge is 0.482 e. The molecule has 16 heavy (non-hydrogen) atoms. The molecule has 0 atom stereocenters. The van der Waals surface area contributed by atoms with E-state index in [2.05, 4.69) is 10.2 Å². The lowest BCUT2D eigenvalue weighted by molar-refractivity contribution is -0.139. The van der Waals surface area contributed by atoms with Gasteiger partial charge >= 0.3 is 5.97 Å². The molecule has 5 heteroatoms. The first-order chi connectivity index (χ1) is 7.75. The molecular formula is C11H10N2O3. The molecule has 2 rings (SSSR count). The summed E-state index contributed by atoms with van der Waals surface area (Å²) in [6, 6.07) is 8.99. The summed E-state index contributed by atoms with van der Waals surface area (Å²) in [5.74, 6) is -0.471. The summed E-state index contributed by atoms with van der Waals surface area (Å²) in [6.45, 7) is -0.341. The van der Waals surface area contributed by atoms with Gasteiger partial charge in [0.25, 0.3) is 0 Å². The van der Waals surface area contributed by atoms with Crippen molar-refractivity contribution in [2.75, 3.05) is 6.61 Å². The molecule has 2 N–H and O–H groups in total. The molecule has 0 saturated carbocycles. The third-order valence-electron chi connectivity index (χ3n) is 2.01. The van der Waals surface area contributed by atoms with E-state index in [9.17, 15) is 4.79 Å². The van der Waals surface area contributed by atoms with Crippen molar-refractivity contribution in [3.8, 4) is 17.0 Å². The molecule has 0 aliphatic rings. The molecule has 82 valence electrons. The molecule has 1 aromatic heterocycles. The van der Waals surface area contributed by atoms with E-state index in [1.54, 1.807) is 24.4 Å². The second-order valence-electron chi connectivity index (χ2n) is 3.18. The number of aromatic nitrogens is 2. The van der Waals surface area contributed by atoms with Crippen molar-refractivity contribution in [2.24, 2.45) is 0 Å². The Balaban J connectivity index is 2.17. The quantitative estimate of drug-likeness (QED) is 0.816.